The summed E-state index contributed by atoms with van der Waals surface area (Å²) in [6.45, 7) is 0. The zero-order valence-electron chi connectivity index (χ0n) is 8.15. The van der Waals surface area contributed by atoms with Crippen LogP contribution in [0, 0.1) is 0 Å². The highest BCUT2D eigenvalue weighted by Crippen LogP contribution is 2.44. The van der Waals surface area contributed by atoms with Crippen LogP contribution in [0.2, 0.25) is 0 Å². The Morgan fingerprint density at radius 3 is 2.93 bits per heavy atom. The summed E-state index contributed by atoms with van der Waals surface area (Å²) in [5, 5.41) is 0. The summed E-state index contributed by atoms with van der Waals surface area (Å²) in [7, 11) is 0. The minimum Gasteiger partial charge on any atom is -0.363 e. The fourth-order valence-corrected chi connectivity index (χ4v) is 2.52. The lowest BCUT2D eigenvalue weighted by Gasteiger charge is -2.29. The van der Waals surface area contributed by atoms with Crippen molar-refractivity contribution in [2.75, 3.05) is 0 Å². The smallest absolute Gasteiger partial charge is 0.112 e. The highest BCUT2D eigenvalue weighted by Gasteiger charge is 2.41. The van der Waals surface area contributed by atoms with Gasteiger partial charge in [0.25, 0.3) is 0 Å². The molecule has 2 bridgehead atoms. The molecule has 0 spiro atoms. The van der Waals surface area contributed by atoms with E-state index in [0.717, 1.165) is 12.8 Å². The average molecular weight is 186 g/mol. The predicted molar refractivity (Wildman–Crippen MR) is 56.0 cm³/mol. The van der Waals surface area contributed by atoms with Gasteiger partial charge in [0.1, 0.15) is 5.60 Å². The van der Waals surface area contributed by atoms with Crippen LogP contribution in [0.5, 0.6) is 0 Å². The molecule has 0 radical (unpaired) electrons. The summed E-state index contributed by atoms with van der Waals surface area (Å²) < 4.78 is 6.08. The lowest BCUT2D eigenvalue weighted by Crippen LogP contribution is -2.26. The van der Waals surface area contributed by atoms with E-state index < -0.39 is 0 Å². The van der Waals surface area contributed by atoms with Crippen molar-refractivity contribution in [1.29, 1.82) is 0 Å². The quantitative estimate of drug-likeness (QED) is 0.612. The molecule has 14 heavy (non-hydrogen) atoms. The van der Waals surface area contributed by atoms with Crippen molar-refractivity contribution in [3.63, 3.8) is 0 Å². The van der Waals surface area contributed by atoms with Crippen molar-refractivity contribution in [2.24, 2.45) is 0 Å². The molecule has 0 amide bonds. The molecule has 1 fully saturated rings. The van der Waals surface area contributed by atoms with Gasteiger partial charge in [0.05, 0.1) is 6.10 Å². The van der Waals surface area contributed by atoms with Gasteiger partial charge in [-0.05, 0) is 24.8 Å². The van der Waals surface area contributed by atoms with Gasteiger partial charge >= 0.3 is 0 Å². The Kier molecular flexibility index (Phi) is 1.74. The second-order valence-corrected chi connectivity index (χ2v) is 4.17. The van der Waals surface area contributed by atoms with E-state index in [-0.39, 0.29) is 5.60 Å². The lowest BCUT2D eigenvalue weighted by molar-refractivity contribution is -0.0182. The van der Waals surface area contributed by atoms with Gasteiger partial charge < -0.3 is 4.74 Å². The number of hydrogen-bond donors (Lipinski definition) is 0. The molecule has 2 aliphatic heterocycles. The molecule has 0 aromatic heterocycles. The van der Waals surface area contributed by atoms with E-state index in [0.29, 0.717) is 6.10 Å². The van der Waals surface area contributed by atoms with Crippen molar-refractivity contribution in [1.82, 2.24) is 0 Å². The third-order valence-corrected chi connectivity index (χ3v) is 3.26. The van der Waals surface area contributed by atoms with E-state index in [1.54, 1.807) is 0 Å². The first-order valence-corrected chi connectivity index (χ1v) is 5.30. The molecule has 1 aromatic rings. The third-order valence-electron chi connectivity index (χ3n) is 3.26. The molecule has 2 aliphatic rings. The Hall–Kier alpha value is -1.08. The number of fused-ring (bicyclic) bond motifs is 2. The first-order chi connectivity index (χ1) is 6.89. The topological polar surface area (TPSA) is 9.23 Å². The molecule has 0 saturated carbocycles. The SMILES string of the molecule is C1=CC2(c3ccccc3)CCC(C1)O2. The Morgan fingerprint density at radius 2 is 2.07 bits per heavy atom. The van der Waals surface area contributed by atoms with E-state index in [1.165, 1.54) is 12.0 Å². The van der Waals surface area contributed by atoms with Gasteiger partial charge in [0.15, 0.2) is 0 Å². The molecule has 1 heteroatoms. The Bertz CT molecular complexity index is 355. The van der Waals surface area contributed by atoms with Gasteiger partial charge in [-0.25, -0.2) is 0 Å². The molecule has 3 rings (SSSR count). The fourth-order valence-electron chi connectivity index (χ4n) is 2.52. The van der Waals surface area contributed by atoms with Crippen molar-refractivity contribution >= 4 is 0 Å². The second-order valence-electron chi connectivity index (χ2n) is 4.17. The fraction of sp³-hybridized carbons (Fsp3) is 0.385. The zero-order valence-corrected chi connectivity index (χ0v) is 8.15. The maximum atomic E-state index is 6.08. The summed E-state index contributed by atoms with van der Waals surface area (Å²) in [5.41, 5.74) is 1.21. The monoisotopic (exact) mass is 186 g/mol. The minimum absolute atomic E-state index is 0.0931. The van der Waals surface area contributed by atoms with Gasteiger partial charge in [-0.1, -0.05) is 42.5 Å². The van der Waals surface area contributed by atoms with Crippen molar-refractivity contribution in [2.45, 2.75) is 31.0 Å². The number of benzene rings is 1. The molecule has 0 N–H and O–H groups in total. The van der Waals surface area contributed by atoms with Gasteiger partial charge in [-0.15, -0.1) is 0 Å². The number of hydrogen-bond acceptors (Lipinski definition) is 1. The van der Waals surface area contributed by atoms with Crippen LogP contribution in [0.4, 0.5) is 0 Å². The van der Waals surface area contributed by atoms with Crippen molar-refractivity contribution < 1.29 is 4.74 Å². The van der Waals surface area contributed by atoms with Gasteiger partial charge in [0, 0.05) is 0 Å². The maximum Gasteiger partial charge on any atom is 0.112 e. The van der Waals surface area contributed by atoms with Crippen LogP contribution >= 0.6 is 0 Å². The second kappa shape index (κ2) is 2.96. The molecular formula is C13H14O. The van der Waals surface area contributed by atoms with Crippen LogP contribution in [-0.4, -0.2) is 6.10 Å². The van der Waals surface area contributed by atoms with Crippen LogP contribution in [0.15, 0.2) is 42.5 Å². The first-order valence-electron chi connectivity index (χ1n) is 5.30. The number of ether oxygens (including phenoxy) is 1. The average Bonchev–Trinajstić information content (AvgIpc) is 2.57. The van der Waals surface area contributed by atoms with E-state index in [9.17, 15) is 0 Å². The van der Waals surface area contributed by atoms with E-state index in [1.807, 2.05) is 0 Å². The summed E-state index contributed by atoms with van der Waals surface area (Å²) >= 11 is 0. The van der Waals surface area contributed by atoms with Crippen LogP contribution in [0.25, 0.3) is 0 Å². The third kappa shape index (κ3) is 1.12. The van der Waals surface area contributed by atoms with E-state index >= 15 is 0 Å². The Labute approximate surface area is 84.4 Å². The summed E-state index contributed by atoms with van der Waals surface area (Å²) in [6, 6.07) is 10.6. The molecule has 2 unspecified atom stereocenters. The largest absolute Gasteiger partial charge is 0.363 e. The van der Waals surface area contributed by atoms with Gasteiger partial charge in [0.2, 0.25) is 0 Å². The normalized spacial score (nSPS) is 34.7. The summed E-state index contributed by atoms with van der Waals surface area (Å²) in [5.74, 6) is 0. The highest BCUT2D eigenvalue weighted by atomic mass is 16.5. The summed E-state index contributed by atoms with van der Waals surface area (Å²) in [4.78, 5) is 0. The van der Waals surface area contributed by atoms with Crippen LogP contribution < -0.4 is 0 Å². The first kappa shape index (κ1) is 8.25. The Morgan fingerprint density at radius 1 is 1.21 bits per heavy atom. The minimum atomic E-state index is -0.0931. The molecule has 72 valence electrons. The van der Waals surface area contributed by atoms with Gasteiger partial charge in [-0.2, -0.15) is 0 Å². The Balaban J connectivity index is 2.05. The highest BCUT2D eigenvalue weighted by molar-refractivity contribution is 5.30. The van der Waals surface area contributed by atoms with Crippen molar-refractivity contribution in [3.05, 3.63) is 48.0 Å². The zero-order chi connectivity index (χ0) is 9.43. The molecule has 2 heterocycles. The van der Waals surface area contributed by atoms with Crippen molar-refractivity contribution in [3.8, 4) is 0 Å². The van der Waals surface area contributed by atoms with Crippen LogP contribution in [-0.2, 0) is 10.3 Å². The molecule has 1 aromatic carbocycles. The van der Waals surface area contributed by atoms with Crippen LogP contribution in [0.1, 0.15) is 24.8 Å². The van der Waals surface area contributed by atoms with E-state index in [4.69, 9.17) is 4.74 Å². The maximum absolute atomic E-state index is 6.08. The van der Waals surface area contributed by atoms with Crippen LogP contribution in [0.3, 0.4) is 0 Å². The molecule has 0 aliphatic carbocycles. The molecular weight excluding hydrogens is 172 g/mol. The summed E-state index contributed by atoms with van der Waals surface area (Å²) in [6.07, 6.45) is 8.40. The van der Waals surface area contributed by atoms with E-state index in [2.05, 4.69) is 42.5 Å². The predicted octanol–water partition coefficient (Wildman–Crippen LogP) is 3.02. The van der Waals surface area contributed by atoms with Gasteiger partial charge in [-0.3, -0.25) is 0 Å². The number of rotatable bonds is 1. The lowest BCUT2D eigenvalue weighted by atomic mass is 9.91. The molecule has 1 saturated heterocycles. The standard InChI is InChI=1S/C13H14O/c1-2-5-11(6-3-1)13-9-4-7-12(14-13)8-10-13/h1-6,9,12H,7-8,10H2. The molecule has 2 atom stereocenters. The molecule has 1 nitrogen and oxygen atoms in total.